The Balaban J connectivity index is 2.25. The number of piperidine rings is 1. The first-order valence-electron chi connectivity index (χ1n) is 6.42. The molecule has 0 aromatic heterocycles. The third kappa shape index (κ3) is 2.71. The zero-order chi connectivity index (χ0) is 14.9. The first-order valence-corrected chi connectivity index (χ1v) is 7.21. The van der Waals surface area contributed by atoms with Crippen LogP contribution in [0.4, 0.5) is 0 Å². The number of rotatable bonds is 2. The SMILES string of the molecule is Cc1cccc(C(=O)N2CCC[C@@](O)(C(N)=O)C2)c1Br. The highest BCUT2D eigenvalue weighted by Crippen LogP contribution is 2.26. The number of nitrogens with zero attached hydrogens (tertiary/aromatic N) is 1. The summed E-state index contributed by atoms with van der Waals surface area (Å²) < 4.78 is 0.734. The first kappa shape index (κ1) is 15.0. The van der Waals surface area contributed by atoms with Crippen LogP contribution in [0.3, 0.4) is 0 Å². The maximum absolute atomic E-state index is 12.5. The van der Waals surface area contributed by atoms with Gasteiger partial charge in [0.25, 0.3) is 11.8 Å². The lowest BCUT2D eigenvalue weighted by atomic mass is 9.91. The van der Waals surface area contributed by atoms with E-state index >= 15 is 0 Å². The minimum atomic E-state index is -1.62. The Kier molecular flexibility index (Phi) is 4.15. The van der Waals surface area contributed by atoms with E-state index in [1.54, 1.807) is 12.1 Å². The zero-order valence-electron chi connectivity index (χ0n) is 11.2. The molecule has 1 heterocycles. The molecule has 0 unspecified atom stereocenters. The summed E-state index contributed by atoms with van der Waals surface area (Å²) in [6, 6.07) is 5.42. The number of primary amides is 1. The highest BCUT2D eigenvalue weighted by atomic mass is 79.9. The first-order chi connectivity index (χ1) is 9.35. The Bertz CT molecular complexity index is 561. The summed E-state index contributed by atoms with van der Waals surface area (Å²) in [6.45, 7) is 2.35. The molecule has 3 N–H and O–H groups in total. The molecule has 108 valence electrons. The van der Waals surface area contributed by atoms with Crippen molar-refractivity contribution in [2.24, 2.45) is 5.73 Å². The lowest BCUT2D eigenvalue weighted by Crippen LogP contribution is -2.57. The molecule has 2 rings (SSSR count). The largest absolute Gasteiger partial charge is 0.378 e. The molecule has 1 aliphatic heterocycles. The normalized spacial score (nSPS) is 22.6. The van der Waals surface area contributed by atoms with E-state index in [9.17, 15) is 14.7 Å². The third-order valence-electron chi connectivity index (χ3n) is 3.64. The van der Waals surface area contributed by atoms with Gasteiger partial charge in [-0.15, -0.1) is 0 Å². The van der Waals surface area contributed by atoms with Gasteiger partial charge >= 0.3 is 0 Å². The van der Waals surface area contributed by atoms with E-state index < -0.39 is 11.5 Å². The number of likely N-dealkylation sites (tertiary alicyclic amines) is 1. The van der Waals surface area contributed by atoms with Crippen LogP contribution in [0.5, 0.6) is 0 Å². The zero-order valence-corrected chi connectivity index (χ0v) is 12.8. The van der Waals surface area contributed by atoms with Crippen LogP contribution in [-0.4, -0.2) is 40.5 Å². The maximum atomic E-state index is 12.5. The topological polar surface area (TPSA) is 83.6 Å². The summed E-state index contributed by atoms with van der Waals surface area (Å²) in [4.78, 5) is 25.3. The molecule has 0 bridgehead atoms. The summed E-state index contributed by atoms with van der Waals surface area (Å²) in [5.74, 6) is -0.988. The standard InChI is InChI=1S/C14H17BrN2O3/c1-9-4-2-5-10(11(9)15)12(18)17-7-3-6-14(20,8-17)13(16)19/h2,4-5,20H,3,6-8H2,1H3,(H2,16,19)/t14-/m0/s1. The minimum Gasteiger partial charge on any atom is -0.378 e. The Labute approximate surface area is 125 Å². The molecule has 5 nitrogen and oxygen atoms in total. The Morgan fingerprint density at radius 1 is 1.45 bits per heavy atom. The van der Waals surface area contributed by atoms with Gasteiger partial charge in [0, 0.05) is 11.0 Å². The second-order valence-electron chi connectivity index (χ2n) is 5.16. The molecule has 1 aliphatic rings. The van der Waals surface area contributed by atoms with Crippen molar-refractivity contribution >= 4 is 27.7 Å². The van der Waals surface area contributed by atoms with Crippen molar-refractivity contribution in [2.75, 3.05) is 13.1 Å². The molecule has 0 aliphatic carbocycles. The van der Waals surface area contributed by atoms with Crippen molar-refractivity contribution in [2.45, 2.75) is 25.4 Å². The van der Waals surface area contributed by atoms with Crippen molar-refractivity contribution in [1.29, 1.82) is 0 Å². The van der Waals surface area contributed by atoms with Gasteiger partial charge in [-0.1, -0.05) is 12.1 Å². The molecular weight excluding hydrogens is 324 g/mol. The second-order valence-corrected chi connectivity index (χ2v) is 5.96. The molecule has 20 heavy (non-hydrogen) atoms. The summed E-state index contributed by atoms with van der Waals surface area (Å²) in [5.41, 5.74) is 5.08. The highest BCUT2D eigenvalue weighted by Gasteiger charge is 2.40. The smallest absolute Gasteiger partial charge is 0.255 e. The molecule has 2 amide bonds. The van der Waals surface area contributed by atoms with Crippen LogP contribution in [0.15, 0.2) is 22.7 Å². The summed E-state index contributed by atoms with van der Waals surface area (Å²) in [5, 5.41) is 10.2. The number of carbonyl (C=O) groups is 2. The number of nitrogens with two attached hydrogens (primary N) is 1. The van der Waals surface area contributed by atoms with E-state index in [0.717, 1.165) is 10.0 Å². The van der Waals surface area contributed by atoms with E-state index in [4.69, 9.17) is 5.73 Å². The number of amides is 2. The van der Waals surface area contributed by atoms with Gasteiger partial charge in [0.2, 0.25) is 0 Å². The molecular formula is C14H17BrN2O3. The van der Waals surface area contributed by atoms with Gasteiger partial charge in [0.15, 0.2) is 5.60 Å². The molecule has 0 saturated carbocycles. The van der Waals surface area contributed by atoms with Crippen molar-refractivity contribution in [1.82, 2.24) is 4.90 Å². The number of aliphatic hydroxyl groups is 1. The fourth-order valence-electron chi connectivity index (χ4n) is 2.39. The van der Waals surface area contributed by atoms with Gasteiger partial charge < -0.3 is 15.7 Å². The van der Waals surface area contributed by atoms with Crippen LogP contribution < -0.4 is 5.73 Å². The Hall–Kier alpha value is -1.40. The van der Waals surface area contributed by atoms with Gasteiger partial charge in [-0.25, -0.2) is 0 Å². The molecule has 1 aromatic carbocycles. The van der Waals surface area contributed by atoms with Crippen LogP contribution in [0.1, 0.15) is 28.8 Å². The van der Waals surface area contributed by atoms with Gasteiger partial charge in [0.1, 0.15) is 0 Å². The lowest BCUT2D eigenvalue weighted by Gasteiger charge is -2.37. The third-order valence-corrected chi connectivity index (χ3v) is 4.69. The number of halogens is 1. The monoisotopic (exact) mass is 340 g/mol. The average Bonchev–Trinajstić information content (AvgIpc) is 2.41. The van der Waals surface area contributed by atoms with Crippen molar-refractivity contribution in [3.05, 3.63) is 33.8 Å². The molecule has 1 atom stereocenters. The molecule has 1 aromatic rings. The van der Waals surface area contributed by atoms with Crippen molar-refractivity contribution in [3.63, 3.8) is 0 Å². The van der Waals surface area contributed by atoms with Crippen LogP contribution >= 0.6 is 15.9 Å². The predicted octanol–water partition coefficient (Wildman–Crippen LogP) is 1.21. The summed E-state index contributed by atoms with van der Waals surface area (Å²) in [7, 11) is 0. The van der Waals surface area contributed by atoms with Crippen LogP contribution in [-0.2, 0) is 4.79 Å². The highest BCUT2D eigenvalue weighted by molar-refractivity contribution is 9.10. The molecule has 0 radical (unpaired) electrons. The number of hydrogen-bond acceptors (Lipinski definition) is 3. The van der Waals surface area contributed by atoms with E-state index in [2.05, 4.69) is 15.9 Å². The van der Waals surface area contributed by atoms with Gasteiger partial charge in [-0.2, -0.15) is 0 Å². The maximum Gasteiger partial charge on any atom is 0.255 e. The summed E-state index contributed by atoms with van der Waals surface area (Å²) in [6.07, 6.45) is 0.843. The lowest BCUT2D eigenvalue weighted by molar-refractivity contribution is -0.140. The molecule has 1 fully saturated rings. The number of benzene rings is 1. The van der Waals surface area contributed by atoms with E-state index in [-0.39, 0.29) is 12.5 Å². The van der Waals surface area contributed by atoms with Crippen molar-refractivity contribution < 1.29 is 14.7 Å². The number of hydrogen-bond donors (Lipinski definition) is 2. The van der Waals surface area contributed by atoms with E-state index in [1.807, 2.05) is 13.0 Å². The van der Waals surface area contributed by atoms with Gasteiger partial charge in [-0.3, -0.25) is 9.59 Å². The minimum absolute atomic E-state index is 0.0540. The van der Waals surface area contributed by atoms with E-state index in [1.165, 1.54) is 4.90 Å². The molecule has 1 saturated heterocycles. The van der Waals surface area contributed by atoms with Crippen LogP contribution in [0.2, 0.25) is 0 Å². The summed E-state index contributed by atoms with van der Waals surface area (Å²) >= 11 is 3.40. The number of carbonyl (C=O) groups excluding carboxylic acids is 2. The van der Waals surface area contributed by atoms with Gasteiger partial charge in [-0.05, 0) is 47.3 Å². The van der Waals surface area contributed by atoms with Crippen LogP contribution in [0, 0.1) is 6.92 Å². The average molecular weight is 341 g/mol. The number of aryl methyl sites for hydroxylation is 1. The fraction of sp³-hybridized carbons (Fsp3) is 0.429. The van der Waals surface area contributed by atoms with Crippen molar-refractivity contribution in [3.8, 4) is 0 Å². The van der Waals surface area contributed by atoms with E-state index in [0.29, 0.717) is 24.9 Å². The number of β-amino-alcohol motifs (C(OH)–C–C–N with tert-alkyl or cyclic N) is 1. The predicted molar refractivity (Wildman–Crippen MR) is 78.2 cm³/mol. The van der Waals surface area contributed by atoms with Gasteiger partial charge in [0.05, 0.1) is 12.1 Å². The molecule has 6 heteroatoms. The Morgan fingerprint density at radius 3 is 2.80 bits per heavy atom. The second kappa shape index (κ2) is 5.54. The molecule has 0 spiro atoms. The fourth-order valence-corrected chi connectivity index (χ4v) is 2.83. The Morgan fingerprint density at radius 2 is 2.15 bits per heavy atom. The quantitative estimate of drug-likeness (QED) is 0.848. The van der Waals surface area contributed by atoms with Crippen LogP contribution in [0.25, 0.3) is 0 Å².